The molecule has 0 unspecified atom stereocenters. The third-order valence-corrected chi connectivity index (χ3v) is 5.67. The van der Waals surface area contributed by atoms with Crippen LogP contribution in [0.2, 0.25) is 0 Å². The predicted molar refractivity (Wildman–Crippen MR) is 113 cm³/mol. The Kier molecular flexibility index (Phi) is 6.41. The molecule has 0 saturated carbocycles. The van der Waals surface area contributed by atoms with Crippen LogP contribution in [0.15, 0.2) is 58.5 Å². The second-order valence-electron chi connectivity index (χ2n) is 6.49. The summed E-state index contributed by atoms with van der Waals surface area (Å²) in [7, 11) is 5.07. The van der Waals surface area contributed by atoms with Crippen LogP contribution in [0, 0.1) is 6.92 Å². The van der Waals surface area contributed by atoms with E-state index in [-0.39, 0.29) is 5.56 Å². The molecule has 0 N–H and O–H groups in total. The molecule has 0 aliphatic carbocycles. The van der Waals surface area contributed by atoms with Gasteiger partial charge in [0.05, 0.1) is 14.2 Å². The van der Waals surface area contributed by atoms with Crippen molar-refractivity contribution in [3.8, 4) is 11.5 Å². The van der Waals surface area contributed by atoms with Gasteiger partial charge in [-0.1, -0.05) is 36.0 Å². The molecule has 28 heavy (non-hydrogen) atoms. The quantitative estimate of drug-likeness (QED) is 0.446. The summed E-state index contributed by atoms with van der Waals surface area (Å²) in [6.45, 7) is 1.90. The SMILES string of the molecule is COc1cccc(CSc2nc(C)c(Cc3cccc(OC)c3)c(=O)n2C)c1. The van der Waals surface area contributed by atoms with E-state index in [0.29, 0.717) is 22.9 Å². The second-order valence-corrected chi connectivity index (χ2v) is 7.43. The number of thioether (sulfide) groups is 1. The summed E-state index contributed by atoms with van der Waals surface area (Å²) in [5, 5.41) is 0.708. The van der Waals surface area contributed by atoms with Crippen molar-refractivity contribution in [2.75, 3.05) is 14.2 Å². The van der Waals surface area contributed by atoms with E-state index in [1.807, 2.05) is 55.5 Å². The van der Waals surface area contributed by atoms with Gasteiger partial charge < -0.3 is 9.47 Å². The Bertz CT molecular complexity index is 1030. The zero-order valence-electron chi connectivity index (χ0n) is 16.6. The Morgan fingerprint density at radius 3 is 2.25 bits per heavy atom. The minimum absolute atomic E-state index is 0.0107. The van der Waals surface area contributed by atoms with Gasteiger partial charge in [0.25, 0.3) is 5.56 Å². The fraction of sp³-hybridized carbons (Fsp3) is 0.273. The lowest BCUT2D eigenvalue weighted by molar-refractivity contribution is 0.414. The number of aromatic nitrogens is 2. The van der Waals surface area contributed by atoms with E-state index < -0.39 is 0 Å². The van der Waals surface area contributed by atoms with Gasteiger partial charge in [-0.2, -0.15) is 0 Å². The molecule has 0 spiro atoms. The van der Waals surface area contributed by atoms with Crippen molar-refractivity contribution in [3.63, 3.8) is 0 Å². The number of hydrogen-bond donors (Lipinski definition) is 0. The fourth-order valence-electron chi connectivity index (χ4n) is 2.96. The molecule has 0 amide bonds. The summed E-state index contributed by atoms with van der Waals surface area (Å²) in [4.78, 5) is 17.6. The number of ether oxygens (including phenoxy) is 2. The maximum atomic E-state index is 12.9. The molecule has 0 radical (unpaired) electrons. The first-order valence-corrected chi connectivity index (χ1v) is 9.95. The lowest BCUT2D eigenvalue weighted by atomic mass is 10.0. The van der Waals surface area contributed by atoms with Gasteiger partial charge in [-0.05, 0) is 42.3 Å². The monoisotopic (exact) mass is 396 g/mol. The first-order valence-electron chi connectivity index (χ1n) is 8.97. The molecule has 3 rings (SSSR count). The molecule has 6 heteroatoms. The highest BCUT2D eigenvalue weighted by molar-refractivity contribution is 7.98. The number of rotatable bonds is 7. The highest BCUT2D eigenvalue weighted by Gasteiger charge is 2.13. The number of aryl methyl sites for hydroxylation is 1. The molecule has 0 fully saturated rings. The number of benzene rings is 2. The molecule has 0 bridgehead atoms. The molecule has 0 saturated heterocycles. The van der Waals surface area contributed by atoms with Gasteiger partial charge in [0, 0.05) is 30.5 Å². The van der Waals surface area contributed by atoms with Crippen LogP contribution in [0.3, 0.4) is 0 Å². The Hall–Kier alpha value is -2.73. The second kappa shape index (κ2) is 8.97. The Morgan fingerprint density at radius 1 is 1.00 bits per heavy atom. The summed E-state index contributed by atoms with van der Waals surface area (Å²) in [5.41, 5.74) is 3.61. The van der Waals surface area contributed by atoms with Crippen molar-refractivity contribution in [1.82, 2.24) is 9.55 Å². The van der Waals surface area contributed by atoms with E-state index in [1.54, 1.807) is 37.6 Å². The van der Waals surface area contributed by atoms with Gasteiger partial charge in [0.2, 0.25) is 0 Å². The van der Waals surface area contributed by atoms with Crippen LogP contribution in [0.25, 0.3) is 0 Å². The summed E-state index contributed by atoms with van der Waals surface area (Å²) in [6.07, 6.45) is 0.531. The van der Waals surface area contributed by atoms with Gasteiger partial charge in [-0.3, -0.25) is 9.36 Å². The van der Waals surface area contributed by atoms with E-state index in [1.165, 1.54) is 0 Å². The van der Waals surface area contributed by atoms with Crippen molar-refractivity contribution in [1.29, 1.82) is 0 Å². The van der Waals surface area contributed by atoms with Gasteiger partial charge in [-0.15, -0.1) is 0 Å². The summed E-state index contributed by atoms with van der Waals surface area (Å²) >= 11 is 1.55. The summed E-state index contributed by atoms with van der Waals surface area (Å²) in [6, 6.07) is 15.7. The first kappa shape index (κ1) is 20.0. The topological polar surface area (TPSA) is 53.4 Å². The first-order chi connectivity index (χ1) is 13.5. The molecule has 2 aromatic carbocycles. The van der Waals surface area contributed by atoms with E-state index in [9.17, 15) is 4.79 Å². The molecule has 1 aromatic heterocycles. The van der Waals surface area contributed by atoms with Crippen molar-refractivity contribution in [3.05, 3.63) is 81.3 Å². The molecular weight excluding hydrogens is 372 g/mol. The molecule has 0 aliphatic rings. The maximum absolute atomic E-state index is 12.9. The van der Waals surface area contributed by atoms with Gasteiger partial charge in [0.15, 0.2) is 5.16 Å². The lowest BCUT2D eigenvalue weighted by Gasteiger charge is -2.13. The predicted octanol–water partition coefficient (Wildman–Crippen LogP) is 3.99. The Morgan fingerprint density at radius 2 is 1.61 bits per heavy atom. The van der Waals surface area contributed by atoms with E-state index >= 15 is 0 Å². The fourth-order valence-corrected chi connectivity index (χ4v) is 3.91. The zero-order chi connectivity index (χ0) is 20.1. The molecule has 0 atom stereocenters. The van der Waals surface area contributed by atoms with Crippen LogP contribution >= 0.6 is 11.8 Å². The van der Waals surface area contributed by atoms with Crippen molar-refractivity contribution in [2.24, 2.45) is 7.05 Å². The Balaban J connectivity index is 1.82. The van der Waals surface area contributed by atoms with Crippen molar-refractivity contribution in [2.45, 2.75) is 24.3 Å². The largest absolute Gasteiger partial charge is 0.497 e. The number of nitrogens with zero attached hydrogens (tertiary/aromatic N) is 2. The van der Waals surface area contributed by atoms with Crippen LogP contribution in [-0.4, -0.2) is 23.8 Å². The van der Waals surface area contributed by atoms with Crippen LogP contribution in [0.5, 0.6) is 11.5 Å². The van der Waals surface area contributed by atoms with Crippen LogP contribution < -0.4 is 15.0 Å². The van der Waals surface area contributed by atoms with Crippen LogP contribution in [0.4, 0.5) is 0 Å². The van der Waals surface area contributed by atoms with Crippen molar-refractivity contribution >= 4 is 11.8 Å². The maximum Gasteiger partial charge on any atom is 0.257 e. The van der Waals surface area contributed by atoms with Gasteiger partial charge in [-0.25, -0.2) is 4.98 Å². The molecular formula is C22H24N2O3S. The smallest absolute Gasteiger partial charge is 0.257 e. The Labute approximate surface area is 169 Å². The van der Waals surface area contributed by atoms with Crippen LogP contribution in [0.1, 0.15) is 22.4 Å². The average molecular weight is 397 g/mol. The molecule has 1 heterocycles. The number of hydrogen-bond acceptors (Lipinski definition) is 5. The molecule has 146 valence electrons. The van der Waals surface area contributed by atoms with Crippen molar-refractivity contribution < 1.29 is 9.47 Å². The third kappa shape index (κ3) is 4.57. The molecule has 5 nitrogen and oxygen atoms in total. The lowest BCUT2D eigenvalue weighted by Crippen LogP contribution is -2.25. The number of methoxy groups -OCH3 is 2. The normalized spacial score (nSPS) is 10.7. The van der Waals surface area contributed by atoms with Gasteiger partial charge >= 0.3 is 0 Å². The third-order valence-electron chi connectivity index (χ3n) is 4.57. The average Bonchev–Trinajstić information content (AvgIpc) is 2.73. The standard InChI is InChI=1S/C22H24N2O3S/c1-15-20(13-16-7-5-9-18(11-16)26-3)21(25)24(2)22(23-15)28-14-17-8-6-10-19(12-17)27-4/h5-12H,13-14H2,1-4H3. The van der Waals surface area contributed by atoms with Gasteiger partial charge in [0.1, 0.15) is 11.5 Å². The summed E-state index contributed by atoms with van der Waals surface area (Å²) in [5.74, 6) is 2.32. The highest BCUT2D eigenvalue weighted by Crippen LogP contribution is 2.23. The summed E-state index contributed by atoms with van der Waals surface area (Å²) < 4.78 is 12.2. The molecule has 0 aliphatic heterocycles. The van der Waals surface area contributed by atoms with Crippen LogP contribution in [-0.2, 0) is 19.2 Å². The minimum Gasteiger partial charge on any atom is -0.497 e. The minimum atomic E-state index is -0.0107. The molecule has 3 aromatic rings. The highest BCUT2D eigenvalue weighted by atomic mass is 32.2. The van der Waals surface area contributed by atoms with E-state index in [2.05, 4.69) is 0 Å². The van der Waals surface area contributed by atoms with E-state index in [4.69, 9.17) is 14.5 Å². The van der Waals surface area contributed by atoms with E-state index in [0.717, 1.165) is 28.3 Å². The zero-order valence-corrected chi connectivity index (χ0v) is 17.4.